The lowest BCUT2D eigenvalue weighted by molar-refractivity contribution is 1.15. The van der Waals surface area contributed by atoms with Crippen LogP contribution in [0.4, 0.5) is 5.69 Å². The van der Waals surface area contributed by atoms with E-state index in [-0.39, 0.29) is 0 Å². The smallest absolute Gasteiger partial charge is 0.0454 e. The lowest BCUT2D eigenvalue weighted by atomic mass is 9.98. The van der Waals surface area contributed by atoms with Gasteiger partial charge in [-0.05, 0) is 66.1 Å². The molecule has 100 valence electrons. The maximum atomic E-state index is 3.62. The summed E-state index contributed by atoms with van der Waals surface area (Å²) in [6.07, 6.45) is 4.60. The zero-order valence-corrected chi connectivity index (χ0v) is 11.6. The Hall–Kier alpha value is -2.22. The Morgan fingerprint density at radius 1 is 1.10 bits per heavy atom. The summed E-state index contributed by atoms with van der Waals surface area (Å²) in [6.45, 7) is 2.21. The molecule has 0 radical (unpaired) electrons. The first-order chi connectivity index (χ1) is 9.81. The van der Waals surface area contributed by atoms with E-state index in [9.17, 15) is 0 Å². The minimum atomic E-state index is 0.691. The van der Waals surface area contributed by atoms with Gasteiger partial charge in [-0.15, -0.1) is 0 Å². The molecule has 0 atom stereocenters. The number of rotatable bonds is 3. The summed E-state index contributed by atoms with van der Waals surface area (Å²) < 4.78 is 0. The van der Waals surface area contributed by atoms with Crippen LogP contribution in [-0.4, -0.2) is 11.0 Å². The van der Waals surface area contributed by atoms with Gasteiger partial charge in [-0.25, -0.2) is 0 Å². The van der Waals surface area contributed by atoms with Crippen LogP contribution in [0.1, 0.15) is 18.4 Å². The summed E-state index contributed by atoms with van der Waals surface area (Å²) in [6, 6.07) is 16.0. The van der Waals surface area contributed by atoms with E-state index in [1.165, 1.54) is 46.1 Å². The summed E-state index contributed by atoms with van der Waals surface area (Å²) in [5, 5.41) is 4.89. The van der Waals surface area contributed by atoms with E-state index in [4.69, 9.17) is 0 Å². The zero-order chi connectivity index (χ0) is 13.5. The molecular weight excluding hydrogens is 244 g/mol. The molecule has 1 saturated carbocycles. The van der Waals surface area contributed by atoms with Gasteiger partial charge in [0.05, 0.1) is 0 Å². The Bertz CT molecular complexity index is 766. The van der Waals surface area contributed by atoms with Crippen LogP contribution in [0.3, 0.4) is 0 Å². The van der Waals surface area contributed by atoms with Crippen molar-refractivity contribution in [3.8, 4) is 11.1 Å². The number of hydrogen-bond acceptors (Lipinski definition) is 1. The van der Waals surface area contributed by atoms with Gasteiger partial charge in [0.25, 0.3) is 0 Å². The van der Waals surface area contributed by atoms with E-state index in [1.54, 1.807) is 0 Å². The van der Waals surface area contributed by atoms with Gasteiger partial charge in [-0.3, -0.25) is 0 Å². The largest absolute Gasteiger partial charge is 0.382 e. The van der Waals surface area contributed by atoms with Crippen molar-refractivity contribution in [1.82, 2.24) is 4.98 Å². The average Bonchev–Trinajstić information content (AvgIpc) is 3.15. The van der Waals surface area contributed by atoms with E-state index in [0.717, 1.165) is 0 Å². The standard InChI is InChI=1S/C18H18N2/c1-12-16(3-2-4-17(12)20-15-6-7-15)13-5-8-18-14(11-13)9-10-19-18/h2-5,8-11,15,19-20H,6-7H2,1H3. The number of hydrogen-bond donors (Lipinski definition) is 2. The highest BCUT2D eigenvalue weighted by Gasteiger charge is 2.21. The van der Waals surface area contributed by atoms with Crippen molar-refractivity contribution in [3.05, 3.63) is 54.2 Å². The highest BCUT2D eigenvalue weighted by atomic mass is 15.0. The van der Waals surface area contributed by atoms with Crippen LogP contribution < -0.4 is 5.32 Å². The molecule has 1 heterocycles. The Morgan fingerprint density at radius 3 is 2.85 bits per heavy atom. The van der Waals surface area contributed by atoms with Crippen LogP contribution in [0.2, 0.25) is 0 Å². The molecule has 2 heteroatoms. The summed E-state index contributed by atoms with van der Waals surface area (Å²) >= 11 is 0. The molecule has 0 saturated heterocycles. The van der Waals surface area contributed by atoms with Gasteiger partial charge in [-0.2, -0.15) is 0 Å². The molecule has 3 aromatic rings. The molecular formula is C18H18N2. The molecule has 2 N–H and O–H groups in total. The first kappa shape index (κ1) is 11.6. The number of anilines is 1. The number of H-pyrrole nitrogens is 1. The molecule has 1 aliphatic carbocycles. The monoisotopic (exact) mass is 262 g/mol. The topological polar surface area (TPSA) is 27.8 Å². The Morgan fingerprint density at radius 2 is 2.00 bits per heavy atom. The normalized spacial score (nSPS) is 14.7. The van der Waals surface area contributed by atoms with E-state index in [1.807, 2.05) is 6.20 Å². The van der Waals surface area contributed by atoms with Crippen LogP contribution in [0.15, 0.2) is 48.7 Å². The maximum Gasteiger partial charge on any atom is 0.0454 e. The average molecular weight is 262 g/mol. The Balaban J connectivity index is 1.79. The second kappa shape index (κ2) is 4.41. The third-order valence-electron chi connectivity index (χ3n) is 4.14. The molecule has 1 aliphatic rings. The maximum absolute atomic E-state index is 3.62. The van der Waals surface area contributed by atoms with E-state index in [2.05, 4.69) is 59.7 Å². The molecule has 4 rings (SSSR count). The van der Waals surface area contributed by atoms with Gasteiger partial charge in [0.1, 0.15) is 0 Å². The lowest BCUT2D eigenvalue weighted by Gasteiger charge is -2.13. The SMILES string of the molecule is Cc1c(NC2CC2)cccc1-c1ccc2[nH]ccc2c1. The summed E-state index contributed by atoms with van der Waals surface area (Å²) in [4.78, 5) is 3.25. The molecule has 0 spiro atoms. The number of benzene rings is 2. The minimum Gasteiger partial charge on any atom is -0.382 e. The minimum absolute atomic E-state index is 0.691. The first-order valence-corrected chi connectivity index (χ1v) is 7.25. The first-order valence-electron chi connectivity index (χ1n) is 7.25. The summed E-state index contributed by atoms with van der Waals surface area (Å²) in [5.41, 5.74) is 6.42. The molecule has 0 amide bonds. The van der Waals surface area contributed by atoms with E-state index < -0.39 is 0 Å². The van der Waals surface area contributed by atoms with Gasteiger partial charge in [0.15, 0.2) is 0 Å². The van der Waals surface area contributed by atoms with Crippen molar-refractivity contribution in [1.29, 1.82) is 0 Å². The number of fused-ring (bicyclic) bond motifs is 1. The number of aromatic nitrogens is 1. The van der Waals surface area contributed by atoms with Crippen molar-refractivity contribution in [2.75, 3.05) is 5.32 Å². The predicted molar refractivity (Wildman–Crippen MR) is 85.1 cm³/mol. The molecule has 2 aromatic carbocycles. The summed E-state index contributed by atoms with van der Waals surface area (Å²) in [5.74, 6) is 0. The molecule has 0 unspecified atom stereocenters. The highest BCUT2D eigenvalue weighted by molar-refractivity contribution is 5.86. The van der Waals surface area contributed by atoms with Gasteiger partial charge < -0.3 is 10.3 Å². The lowest BCUT2D eigenvalue weighted by Crippen LogP contribution is -2.03. The fraction of sp³-hybridized carbons (Fsp3) is 0.222. The van der Waals surface area contributed by atoms with Crippen molar-refractivity contribution in [3.63, 3.8) is 0 Å². The second-order valence-electron chi connectivity index (χ2n) is 5.68. The quantitative estimate of drug-likeness (QED) is 0.702. The van der Waals surface area contributed by atoms with Crippen molar-refractivity contribution in [2.24, 2.45) is 0 Å². The van der Waals surface area contributed by atoms with Crippen LogP contribution in [-0.2, 0) is 0 Å². The van der Waals surface area contributed by atoms with Crippen LogP contribution in [0.5, 0.6) is 0 Å². The highest BCUT2D eigenvalue weighted by Crippen LogP contribution is 2.33. The molecule has 1 fully saturated rings. The zero-order valence-electron chi connectivity index (χ0n) is 11.6. The van der Waals surface area contributed by atoms with Gasteiger partial charge >= 0.3 is 0 Å². The molecule has 1 aromatic heterocycles. The number of aromatic amines is 1. The third-order valence-corrected chi connectivity index (χ3v) is 4.14. The molecule has 2 nitrogen and oxygen atoms in total. The van der Waals surface area contributed by atoms with Crippen molar-refractivity contribution < 1.29 is 0 Å². The van der Waals surface area contributed by atoms with Gasteiger partial charge in [0, 0.05) is 23.4 Å². The fourth-order valence-electron chi connectivity index (χ4n) is 2.77. The van der Waals surface area contributed by atoms with Crippen LogP contribution >= 0.6 is 0 Å². The Kier molecular flexibility index (Phi) is 2.56. The predicted octanol–water partition coefficient (Wildman–Crippen LogP) is 4.72. The Labute approximate surface area is 118 Å². The number of nitrogens with one attached hydrogen (secondary N) is 2. The van der Waals surface area contributed by atoms with Crippen molar-refractivity contribution in [2.45, 2.75) is 25.8 Å². The van der Waals surface area contributed by atoms with Crippen LogP contribution in [0, 0.1) is 6.92 Å². The van der Waals surface area contributed by atoms with E-state index >= 15 is 0 Å². The van der Waals surface area contributed by atoms with Gasteiger partial charge in [0.2, 0.25) is 0 Å². The fourth-order valence-corrected chi connectivity index (χ4v) is 2.77. The molecule has 0 bridgehead atoms. The van der Waals surface area contributed by atoms with Gasteiger partial charge in [-0.1, -0.05) is 18.2 Å². The molecule has 0 aliphatic heterocycles. The second-order valence-corrected chi connectivity index (χ2v) is 5.68. The third kappa shape index (κ3) is 1.97. The van der Waals surface area contributed by atoms with E-state index in [0.29, 0.717) is 6.04 Å². The summed E-state index contributed by atoms with van der Waals surface area (Å²) in [7, 11) is 0. The van der Waals surface area contributed by atoms with Crippen LogP contribution in [0.25, 0.3) is 22.0 Å². The van der Waals surface area contributed by atoms with Crippen molar-refractivity contribution >= 4 is 16.6 Å². The molecule has 20 heavy (non-hydrogen) atoms.